The van der Waals surface area contributed by atoms with E-state index in [1.165, 1.54) is 11.1 Å². The molecule has 6 heteroatoms. The summed E-state index contributed by atoms with van der Waals surface area (Å²) in [6.45, 7) is 8.56. The molecule has 3 rings (SSSR count). The highest BCUT2D eigenvalue weighted by Gasteiger charge is 2.26. The molecule has 0 radical (unpaired) electrons. The zero-order valence-corrected chi connectivity index (χ0v) is 15.1. The number of rotatable bonds is 5. The largest absolute Gasteiger partial charge is 0.393 e. The molecule has 24 heavy (non-hydrogen) atoms. The van der Waals surface area contributed by atoms with E-state index in [4.69, 9.17) is 14.5 Å². The molecule has 1 aromatic heterocycles. The fraction of sp³-hybridized carbons (Fsp3) is 0.667. The van der Waals surface area contributed by atoms with Gasteiger partial charge in [0.1, 0.15) is 6.20 Å². The van der Waals surface area contributed by atoms with E-state index in [2.05, 4.69) is 40.6 Å². The first kappa shape index (κ1) is 17.3. The Labute approximate surface area is 144 Å². The average molecular weight is 333 g/mol. The quantitative estimate of drug-likeness (QED) is 0.748. The molecule has 3 heterocycles. The van der Waals surface area contributed by atoms with Crippen molar-refractivity contribution in [3.63, 3.8) is 0 Å². The normalized spacial score (nSPS) is 22.5. The van der Waals surface area contributed by atoms with Gasteiger partial charge in [0.05, 0.1) is 45.7 Å². The predicted molar refractivity (Wildman–Crippen MR) is 94.0 cm³/mol. The van der Waals surface area contributed by atoms with E-state index in [1.54, 1.807) is 7.11 Å². The van der Waals surface area contributed by atoms with E-state index in [1.807, 2.05) is 6.20 Å². The molecule has 0 aliphatic carbocycles. The lowest BCUT2D eigenvalue weighted by molar-refractivity contribution is -0.661. The van der Waals surface area contributed by atoms with Crippen molar-refractivity contribution in [1.82, 2.24) is 9.88 Å². The number of morpholine rings is 1. The van der Waals surface area contributed by atoms with Gasteiger partial charge in [-0.05, 0) is 18.9 Å². The van der Waals surface area contributed by atoms with Gasteiger partial charge in [0.2, 0.25) is 0 Å². The highest BCUT2D eigenvalue weighted by Crippen LogP contribution is 2.21. The van der Waals surface area contributed by atoms with Crippen LogP contribution in [0.4, 0.5) is 5.95 Å². The van der Waals surface area contributed by atoms with E-state index >= 15 is 0 Å². The molecular weight excluding hydrogens is 304 g/mol. The van der Waals surface area contributed by atoms with Crippen molar-refractivity contribution in [1.29, 1.82) is 0 Å². The van der Waals surface area contributed by atoms with Crippen molar-refractivity contribution >= 4 is 11.5 Å². The second-order valence-corrected chi connectivity index (χ2v) is 6.65. The fourth-order valence-electron chi connectivity index (χ4n) is 3.39. The Kier molecular flexibility index (Phi) is 5.81. The molecule has 1 aromatic rings. The van der Waals surface area contributed by atoms with Gasteiger partial charge in [0.25, 0.3) is 0 Å². The van der Waals surface area contributed by atoms with Gasteiger partial charge in [-0.3, -0.25) is 9.80 Å². The molecule has 1 unspecified atom stereocenters. The summed E-state index contributed by atoms with van der Waals surface area (Å²) in [7, 11) is 3.84. The van der Waals surface area contributed by atoms with Crippen molar-refractivity contribution in [3.05, 3.63) is 24.0 Å². The second kappa shape index (κ2) is 8.05. The number of nitrogens with zero attached hydrogens (tertiary/aromatic N) is 4. The van der Waals surface area contributed by atoms with Gasteiger partial charge in [0, 0.05) is 32.3 Å². The second-order valence-electron chi connectivity index (χ2n) is 6.65. The minimum atomic E-state index is 0.263. The molecule has 0 aromatic carbocycles. The van der Waals surface area contributed by atoms with E-state index in [9.17, 15) is 0 Å². The lowest BCUT2D eigenvalue weighted by atomic mass is 10.0. The Morgan fingerprint density at radius 1 is 1.42 bits per heavy atom. The third-order valence-electron chi connectivity index (χ3n) is 4.77. The Hall–Kier alpha value is -1.50. The summed E-state index contributed by atoms with van der Waals surface area (Å²) in [5, 5.41) is 0. The SMILES string of the molecule is COCCN1CC=C(c2cnc(N3CCOC(C)C3)[n+](C)c2)CC1. The van der Waals surface area contributed by atoms with Gasteiger partial charge < -0.3 is 9.47 Å². The summed E-state index contributed by atoms with van der Waals surface area (Å²) >= 11 is 0. The van der Waals surface area contributed by atoms with Crippen LogP contribution in [-0.2, 0) is 16.5 Å². The van der Waals surface area contributed by atoms with E-state index < -0.39 is 0 Å². The number of aryl methyl sites for hydroxylation is 1. The van der Waals surface area contributed by atoms with Crippen molar-refractivity contribution in [2.45, 2.75) is 19.4 Å². The van der Waals surface area contributed by atoms with Gasteiger partial charge >= 0.3 is 5.95 Å². The van der Waals surface area contributed by atoms with Crippen LogP contribution in [0.2, 0.25) is 0 Å². The van der Waals surface area contributed by atoms with Crippen LogP contribution in [0.15, 0.2) is 18.5 Å². The molecule has 2 aliphatic rings. The third-order valence-corrected chi connectivity index (χ3v) is 4.77. The minimum absolute atomic E-state index is 0.263. The Morgan fingerprint density at radius 2 is 2.29 bits per heavy atom. The molecule has 0 bridgehead atoms. The van der Waals surface area contributed by atoms with Crippen molar-refractivity contribution in [2.75, 3.05) is 57.9 Å². The van der Waals surface area contributed by atoms with Crippen molar-refractivity contribution < 1.29 is 14.0 Å². The van der Waals surface area contributed by atoms with Crippen molar-refractivity contribution in [2.24, 2.45) is 7.05 Å². The zero-order valence-electron chi connectivity index (χ0n) is 15.1. The Morgan fingerprint density at radius 3 is 2.96 bits per heavy atom. The zero-order chi connectivity index (χ0) is 16.9. The van der Waals surface area contributed by atoms with Crippen LogP contribution >= 0.6 is 0 Å². The molecule has 1 atom stereocenters. The lowest BCUT2D eigenvalue weighted by Gasteiger charge is -2.27. The summed E-state index contributed by atoms with van der Waals surface area (Å²) in [4.78, 5) is 9.46. The number of methoxy groups -OCH3 is 1. The first-order valence-corrected chi connectivity index (χ1v) is 8.80. The standard InChI is InChI=1S/C18H29N4O2/c1-15-13-22(9-11-24-15)18-19-12-17(14-20(18)2)16-4-6-21(7-5-16)8-10-23-3/h4,12,14-15H,5-11,13H2,1-3H3/q+1. The average Bonchev–Trinajstić information content (AvgIpc) is 2.60. The molecular formula is C18H29N4O2+. The van der Waals surface area contributed by atoms with Crippen LogP contribution in [0.5, 0.6) is 0 Å². The molecule has 132 valence electrons. The number of hydrogen-bond donors (Lipinski definition) is 0. The van der Waals surface area contributed by atoms with E-state index in [0.717, 1.165) is 58.3 Å². The molecule has 0 amide bonds. The van der Waals surface area contributed by atoms with Gasteiger partial charge in [-0.15, -0.1) is 0 Å². The van der Waals surface area contributed by atoms with Crippen LogP contribution in [0.3, 0.4) is 0 Å². The van der Waals surface area contributed by atoms with Crippen LogP contribution in [0, 0.1) is 0 Å². The number of ether oxygens (including phenoxy) is 2. The maximum atomic E-state index is 5.62. The monoisotopic (exact) mass is 333 g/mol. The smallest absolute Gasteiger partial charge is 0.383 e. The molecule has 2 aliphatic heterocycles. The molecule has 0 spiro atoms. The lowest BCUT2D eigenvalue weighted by Crippen LogP contribution is -2.48. The molecule has 0 saturated carbocycles. The van der Waals surface area contributed by atoms with Crippen LogP contribution in [-0.4, -0.2) is 69.0 Å². The van der Waals surface area contributed by atoms with Crippen LogP contribution in [0.1, 0.15) is 18.9 Å². The summed E-state index contributed by atoms with van der Waals surface area (Å²) in [5.74, 6) is 1.02. The first-order chi connectivity index (χ1) is 11.7. The molecule has 1 fully saturated rings. The van der Waals surface area contributed by atoms with Crippen molar-refractivity contribution in [3.8, 4) is 0 Å². The van der Waals surface area contributed by atoms with Gasteiger partial charge in [0.15, 0.2) is 0 Å². The van der Waals surface area contributed by atoms with Gasteiger partial charge in [-0.2, -0.15) is 0 Å². The van der Waals surface area contributed by atoms with E-state index in [0.29, 0.717) is 0 Å². The number of hydrogen-bond acceptors (Lipinski definition) is 5. The molecule has 0 N–H and O–H groups in total. The summed E-state index contributed by atoms with van der Waals surface area (Å²) in [6, 6.07) is 0. The topological polar surface area (TPSA) is 41.7 Å². The summed E-state index contributed by atoms with van der Waals surface area (Å²) in [6.07, 6.45) is 7.89. The minimum Gasteiger partial charge on any atom is -0.383 e. The number of aromatic nitrogens is 2. The van der Waals surface area contributed by atoms with Gasteiger partial charge in [-0.25, -0.2) is 4.57 Å². The highest BCUT2D eigenvalue weighted by molar-refractivity contribution is 5.65. The predicted octanol–water partition coefficient (Wildman–Crippen LogP) is 0.867. The maximum absolute atomic E-state index is 5.62. The van der Waals surface area contributed by atoms with E-state index in [-0.39, 0.29) is 6.10 Å². The highest BCUT2D eigenvalue weighted by atomic mass is 16.5. The fourth-order valence-corrected chi connectivity index (χ4v) is 3.39. The van der Waals surface area contributed by atoms with Crippen LogP contribution in [0.25, 0.3) is 5.57 Å². The van der Waals surface area contributed by atoms with Crippen LogP contribution < -0.4 is 9.47 Å². The summed E-state index contributed by atoms with van der Waals surface area (Å²) < 4.78 is 12.9. The third kappa shape index (κ3) is 4.12. The maximum Gasteiger partial charge on any atom is 0.393 e. The summed E-state index contributed by atoms with van der Waals surface area (Å²) in [5.41, 5.74) is 2.63. The molecule has 1 saturated heterocycles. The number of anilines is 1. The Balaban J connectivity index is 1.67. The Bertz CT molecular complexity index is 590. The van der Waals surface area contributed by atoms with Gasteiger partial charge in [-0.1, -0.05) is 11.1 Å². The first-order valence-electron chi connectivity index (χ1n) is 8.80. The molecule has 6 nitrogen and oxygen atoms in total.